The van der Waals surface area contributed by atoms with Crippen molar-refractivity contribution in [1.82, 2.24) is 14.5 Å². The summed E-state index contributed by atoms with van der Waals surface area (Å²) >= 11 is 0. The lowest BCUT2D eigenvalue weighted by Gasteiger charge is -2.31. The van der Waals surface area contributed by atoms with Crippen LogP contribution < -0.4 is 5.73 Å². The molecule has 0 aliphatic carbocycles. The van der Waals surface area contributed by atoms with E-state index in [4.69, 9.17) is 21.6 Å². The van der Waals surface area contributed by atoms with Gasteiger partial charge in [0, 0.05) is 13.3 Å². The number of fused-ring (bicyclic) bond motifs is 1. The number of nitrogen functional groups attached to an aromatic ring is 1. The first-order chi connectivity index (χ1) is 11.0. The minimum atomic E-state index is -1.09. The summed E-state index contributed by atoms with van der Waals surface area (Å²) in [5.74, 6) is 2.81. The summed E-state index contributed by atoms with van der Waals surface area (Å²) in [4.78, 5) is 8.18. The normalized spacial score (nSPS) is 30.7. The first-order valence-corrected chi connectivity index (χ1v) is 7.05. The molecule has 4 N–H and O–H groups in total. The molecule has 122 valence electrons. The minimum Gasteiger partial charge on any atom is -0.394 e. The summed E-state index contributed by atoms with van der Waals surface area (Å²) in [6.45, 7) is 1.36. The van der Waals surface area contributed by atoms with E-state index in [9.17, 15) is 10.2 Å². The van der Waals surface area contributed by atoms with E-state index in [0.717, 1.165) is 0 Å². The maximum atomic E-state index is 10.4. The molecule has 2 aromatic heterocycles. The number of aromatic nitrogens is 3. The summed E-state index contributed by atoms with van der Waals surface area (Å²) < 4.78 is 12.9. The molecule has 1 aliphatic heterocycles. The molecule has 0 saturated carbocycles. The van der Waals surface area contributed by atoms with Crippen LogP contribution in [0.4, 0.5) is 5.82 Å². The lowest BCUT2D eigenvalue weighted by Crippen LogP contribution is -2.46. The molecule has 1 fully saturated rings. The van der Waals surface area contributed by atoms with Gasteiger partial charge in [-0.1, -0.05) is 5.92 Å². The molecular formula is C15H18N4O4. The van der Waals surface area contributed by atoms with Gasteiger partial charge in [0.15, 0.2) is 6.23 Å². The van der Waals surface area contributed by atoms with Crippen molar-refractivity contribution in [3.8, 4) is 12.3 Å². The zero-order valence-corrected chi connectivity index (χ0v) is 12.8. The van der Waals surface area contributed by atoms with E-state index in [0.29, 0.717) is 16.6 Å². The zero-order chi connectivity index (χ0) is 16.8. The number of hydrogen-bond acceptors (Lipinski definition) is 7. The highest BCUT2D eigenvalue weighted by atomic mass is 16.6. The Morgan fingerprint density at radius 1 is 1.57 bits per heavy atom. The zero-order valence-electron chi connectivity index (χ0n) is 12.8. The number of aliphatic hydroxyl groups excluding tert-OH is 2. The van der Waals surface area contributed by atoms with Crippen molar-refractivity contribution in [2.24, 2.45) is 0 Å². The van der Waals surface area contributed by atoms with Gasteiger partial charge < -0.3 is 30.0 Å². The van der Waals surface area contributed by atoms with E-state index in [-0.39, 0.29) is 12.4 Å². The maximum Gasteiger partial charge on any atom is 0.167 e. The van der Waals surface area contributed by atoms with Gasteiger partial charge >= 0.3 is 0 Å². The molecule has 0 amide bonds. The Labute approximate surface area is 132 Å². The maximum absolute atomic E-state index is 10.4. The van der Waals surface area contributed by atoms with Gasteiger partial charge in [0.1, 0.15) is 35.6 Å². The fourth-order valence-corrected chi connectivity index (χ4v) is 2.99. The highest BCUT2D eigenvalue weighted by Crippen LogP contribution is 2.42. The molecule has 0 aromatic carbocycles. The number of rotatable bonds is 3. The van der Waals surface area contributed by atoms with Crippen LogP contribution in [0.15, 0.2) is 12.5 Å². The Morgan fingerprint density at radius 3 is 2.91 bits per heavy atom. The molecule has 8 nitrogen and oxygen atoms in total. The first-order valence-electron chi connectivity index (χ1n) is 7.05. The van der Waals surface area contributed by atoms with E-state index < -0.39 is 24.0 Å². The Balaban J connectivity index is 2.21. The van der Waals surface area contributed by atoms with Gasteiger partial charge in [-0.05, 0) is 6.92 Å². The second-order valence-electron chi connectivity index (χ2n) is 5.59. The lowest BCUT2D eigenvalue weighted by molar-refractivity contribution is -0.118. The van der Waals surface area contributed by atoms with Crippen LogP contribution in [0.1, 0.15) is 18.7 Å². The number of aliphatic hydroxyl groups is 2. The fourth-order valence-electron chi connectivity index (χ4n) is 2.99. The number of methoxy groups -OCH3 is 1. The SMILES string of the molecule is C#Cc1cn([C@@H]2OC(CO)C(O)C2(C)OC)c2ncnc(N)c12. The number of anilines is 1. The number of nitrogens with two attached hydrogens (primary N) is 1. The van der Waals surface area contributed by atoms with Gasteiger partial charge in [0.25, 0.3) is 0 Å². The summed E-state index contributed by atoms with van der Waals surface area (Å²) in [7, 11) is 1.47. The van der Waals surface area contributed by atoms with Crippen LogP contribution in [0, 0.1) is 12.3 Å². The topological polar surface area (TPSA) is 116 Å². The molecule has 0 radical (unpaired) electrons. The van der Waals surface area contributed by atoms with Crippen molar-refractivity contribution in [3.63, 3.8) is 0 Å². The molecule has 23 heavy (non-hydrogen) atoms. The monoisotopic (exact) mass is 318 g/mol. The van der Waals surface area contributed by atoms with Crippen molar-refractivity contribution in [1.29, 1.82) is 0 Å². The second kappa shape index (κ2) is 5.47. The van der Waals surface area contributed by atoms with E-state index in [1.165, 1.54) is 13.4 Å². The lowest BCUT2D eigenvalue weighted by atomic mass is 9.96. The quantitative estimate of drug-likeness (QED) is 0.662. The van der Waals surface area contributed by atoms with Crippen molar-refractivity contribution < 1.29 is 19.7 Å². The molecule has 4 atom stereocenters. The van der Waals surface area contributed by atoms with Crippen LogP contribution in [-0.2, 0) is 9.47 Å². The number of ether oxygens (including phenoxy) is 2. The van der Waals surface area contributed by atoms with Gasteiger partial charge in [-0.25, -0.2) is 9.97 Å². The van der Waals surface area contributed by atoms with Crippen LogP contribution in [0.5, 0.6) is 0 Å². The van der Waals surface area contributed by atoms with Crippen molar-refractivity contribution >= 4 is 16.9 Å². The molecular weight excluding hydrogens is 300 g/mol. The molecule has 1 saturated heterocycles. The number of nitrogens with zero attached hydrogens (tertiary/aromatic N) is 3. The third-order valence-corrected chi connectivity index (χ3v) is 4.40. The molecule has 0 spiro atoms. The molecule has 3 heterocycles. The van der Waals surface area contributed by atoms with Gasteiger partial charge in [0.05, 0.1) is 17.6 Å². The van der Waals surface area contributed by atoms with Crippen LogP contribution in [0.2, 0.25) is 0 Å². The fraction of sp³-hybridized carbons (Fsp3) is 0.467. The Morgan fingerprint density at radius 2 is 2.30 bits per heavy atom. The van der Waals surface area contributed by atoms with Crippen molar-refractivity contribution in [3.05, 3.63) is 18.1 Å². The van der Waals surface area contributed by atoms with E-state index in [1.807, 2.05) is 0 Å². The second-order valence-corrected chi connectivity index (χ2v) is 5.59. The van der Waals surface area contributed by atoms with Crippen LogP contribution in [0.25, 0.3) is 11.0 Å². The highest BCUT2D eigenvalue weighted by Gasteiger charge is 2.54. The standard InChI is InChI=1S/C15H18N4O4/c1-4-8-5-19(13-10(8)12(16)17-7-18-13)14-15(2,22-3)11(21)9(6-20)23-14/h1,5,7,9,11,14,20-21H,6H2,2-3H3,(H2,16,17,18)/t9?,11?,14-,15?/m1/s1. The third kappa shape index (κ3) is 2.09. The van der Waals surface area contributed by atoms with E-state index in [1.54, 1.807) is 17.7 Å². The van der Waals surface area contributed by atoms with Gasteiger partial charge in [-0.3, -0.25) is 0 Å². The van der Waals surface area contributed by atoms with Crippen molar-refractivity contribution in [2.75, 3.05) is 19.5 Å². The Hall–Kier alpha value is -2.18. The smallest absolute Gasteiger partial charge is 0.167 e. The van der Waals surface area contributed by atoms with Gasteiger partial charge in [-0.15, -0.1) is 6.42 Å². The van der Waals surface area contributed by atoms with Crippen LogP contribution in [-0.4, -0.2) is 56.3 Å². The highest BCUT2D eigenvalue weighted by molar-refractivity contribution is 5.92. The molecule has 0 bridgehead atoms. The minimum absolute atomic E-state index is 0.262. The summed E-state index contributed by atoms with van der Waals surface area (Å²) in [6, 6.07) is 0. The summed E-state index contributed by atoms with van der Waals surface area (Å²) in [6.07, 6.45) is 5.99. The molecule has 2 aromatic rings. The van der Waals surface area contributed by atoms with Gasteiger partial charge in [-0.2, -0.15) is 0 Å². The predicted molar refractivity (Wildman–Crippen MR) is 82.3 cm³/mol. The van der Waals surface area contributed by atoms with Crippen LogP contribution >= 0.6 is 0 Å². The molecule has 3 unspecified atom stereocenters. The largest absolute Gasteiger partial charge is 0.394 e. The molecule has 3 rings (SSSR count). The number of hydrogen-bond donors (Lipinski definition) is 3. The average molecular weight is 318 g/mol. The number of terminal acetylenes is 1. The Kier molecular flexibility index (Phi) is 3.74. The van der Waals surface area contributed by atoms with Gasteiger partial charge in [0.2, 0.25) is 0 Å². The molecule has 8 heteroatoms. The van der Waals surface area contributed by atoms with E-state index >= 15 is 0 Å². The average Bonchev–Trinajstić information content (AvgIpc) is 3.05. The molecule has 1 aliphatic rings. The first kappa shape index (κ1) is 15.7. The Bertz CT molecular complexity index is 784. The van der Waals surface area contributed by atoms with E-state index in [2.05, 4.69) is 15.9 Å². The summed E-state index contributed by atoms with van der Waals surface area (Å²) in [5, 5.41) is 20.4. The summed E-state index contributed by atoms with van der Waals surface area (Å²) in [5.41, 5.74) is 5.80. The third-order valence-electron chi connectivity index (χ3n) is 4.40. The van der Waals surface area contributed by atoms with Crippen molar-refractivity contribution in [2.45, 2.75) is 31.0 Å². The predicted octanol–water partition coefficient (Wildman–Crippen LogP) is -0.350. The van der Waals surface area contributed by atoms with Crippen LogP contribution in [0.3, 0.4) is 0 Å².